The van der Waals surface area contributed by atoms with Crippen molar-refractivity contribution >= 4 is 40.4 Å². The zero-order chi connectivity index (χ0) is 16.2. The third-order valence-electron chi connectivity index (χ3n) is 3.30. The van der Waals surface area contributed by atoms with E-state index in [2.05, 4.69) is 10.3 Å². The van der Waals surface area contributed by atoms with Gasteiger partial charge in [0.25, 0.3) is 5.91 Å². The smallest absolute Gasteiger partial charge is 0.253 e. The predicted molar refractivity (Wildman–Crippen MR) is 93.3 cm³/mol. The molecule has 1 amide bonds. The van der Waals surface area contributed by atoms with Crippen molar-refractivity contribution in [2.45, 2.75) is 13.1 Å². The highest BCUT2D eigenvalue weighted by molar-refractivity contribution is 7.20. The van der Waals surface area contributed by atoms with Crippen LogP contribution in [0.2, 0.25) is 8.67 Å². The minimum Gasteiger partial charge on any atom is -0.348 e. The quantitative estimate of drug-likeness (QED) is 0.735. The number of amides is 1. The van der Waals surface area contributed by atoms with E-state index in [0.29, 0.717) is 20.8 Å². The number of benzene rings is 1. The van der Waals surface area contributed by atoms with E-state index < -0.39 is 0 Å². The van der Waals surface area contributed by atoms with Gasteiger partial charge in [-0.25, -0.2) is 4.98 Å². The van der Waals surface area contributed by atoms with Crippen LogP contribution < -0.4 is 5.32 Å². The Labute approximate surface area is 147 Å². The van der Waals surface area contributed by atoms with Crippen LogP contribution in [-0.2, 0) is 13.1 Å². The van der Waals surface area contributed by atoms with Crippen LogP contribution in [0, 0.1) is 0 Å². The normalized spacial score (nSPS) is 10.7. The molecule has 1 aromatic carbocycles. The third kappa shape index (κ3) is 4.13. The van der Waals surface area contributed by atoms with Gasteiger partial charge in [-0.05, 0) is 17.2 Å². The van der Waals surface area contributed by atoms with Gasteiger partial charge in [0, 0.05) is 25.5 Å². The average molecular weight is 366 g/mol. The van der Waals surface area contributed by atoms with Crippen molar-refractivity contribution in [1.29, 1.82) is 0 Å². The summed E-state index contributed by atoms with van der Waals surface area (Å²) in [6, 6.07) is 9.65. The predicted octanol–water partition coefficient (Wildman–Crippen LogP) is 4.23. The first kappa shape index (κ1) is 16.1. The van der Waals surface area contributed by atoms with E-state index in [1.165, 1.54) is 16.9 Å². The Kier molecular flexibility index (Phi) is 5.00. The molecule has 2 heterocycles. The molecule has 23 heavy (non-hydrogen) atoms. The van der Waals surface area contributed by atoms with Gasteiger partial charge in [0.05, 0.1) is 16.2 Å². The molecule has 3 aromatic rings. The highest BCUT2D eigenvalue weighted by Crippen LogP contribution is 2.30. The van der Waals surface area contributed by atoms with Crippen molar-refractivity contribution in [1.82, 2.24) is 14.9 Å². The molecule has 0 aliphatic carbocycles. The monoisotopic (exact) mass is 365 g/mol. The molecule has 118 valence electrons. The topological polar surface area (TPSA) is 46.9 Å². The number of nitrogens with one attached hydrogen (secondary N) is 1. The van der Waals surface area contributed by atoms with Gasteiger partial charge in [-0.2, -0.15) is 0 Å². The summed E-state index contributed by atoms with van der Waals surface area (Å²) in [6.45, 7) is 1.21. The molecule has 0 atom stereocenters. The molecule has 2 aromatic heterocycles. The van der Waals surface area contributed by atoms with Crippen LogP contribution in [0.1, 0.15) is 21.5 Å². The van der Waals surface area contributed by atoms with E-state index in [0.717, 1.165) is 12.1 Å². The van der Waals surface area contributed by atoms with Crippen molar-refractivity contribution in [3.8, 4) is 0 Å². The summed E-state index contributed by atoms with van der Waals surface area (Å²) in [7, 11) is 0. The molecule has 0 radical (unpaired) electrons. The van der Waals surface area contributed by atoms with E-state index in [-0.39, 0.29) is 5.91 Å². The van der Waals surface area contributed by atoms with Gasteiger partial charge in [-0.1, -0.05) is 47.5 Å². The van der Waals surface area contributed by atoms with E-state index in [1.54, 1.807) is 18.6 Å². The van der Waals surface area contributed by atoms with Crippen molar-refractivity contribution < 1.29 is 4.79 Å². The number of nitrogens with zero attached hydrogens (tertiary/aromatic N) is 2. The number of aromatic nitrogens is 2. The van der Waals surface area contributed by atoms with Crippen molar-refractivity contribution in [3.05, 3.63) is 74.4 Å². The minimum atomic E-state index is -0.222. The van der Waals surface area contributed by atoms with E-state index in [4.69, 9.17) is 23.2 Å². The molecule has 0 saturated heterocycles. The SMILES string of the molecule is O=C(NCc1ccc(Cn2ccnc2)cc1)c1cc(Cl)sc1Cl. The lowest BCUT2D eigenvalue weighted by Crippen LogP contribution is -2.22. The van der Waals surface area contributed by atoms with Crippen LogP contribution in [0.4, 0.5) is 0 Å². The zero-order valence-corrected chi connectivity index (χ0v) is 14.3. The lowest BCUT2D eigenvalue weighted by atomic mass is 10.1. The average Bonchev–Trinajstić information content (AvgIpc) is 3.15. The summed E-state index contributed by atoms with van der Waals surface area (Å²) >= 11 is 13.0. The first-order chi connectivity index (χ1) is 11.1. The standard InChI is InChI=1S/C16H13Cl2N3OS/c17-14-7-13(15(18)23-14)16(22)20-8-11-1-3-12(4-2-11)9-21-6-5-19-10-21/h1-7,10H,8-9H2,(H,20,22). The number of carbonyl (C=O) groups is 1. The lowest BCUT2D eigenvalue weighted by Gasteiger charge is -2.07. The minimum absolute atomic E-state index is 0.222. The van der Waals surface area contributed by atoms with E-state index >= 15 is 0 Å². The highest BCUT2D eigenvalue weighted by Gasteiger charge is 2.13. The number of imidazole rings is 1. The largest absolute Gasteiger partial charge is 0.348 e. The summed E-state index contributed by atoms with van der Waals surface area (Å²) in [4.78, 5) is 16.1. The molecule has 1 N–H and O–H groups in total. The Balaban J connectivity index is 1.58. The fraction of sp³-hybridized carbons (Fsp3) is 0.125. The van der Waals surface area contributed by atoms with Crippen LogP contribution in [0.3, 0.4) is 0 Å². The summed E-state index contributed by atoms with van der Waals surface area (Å²) in [5.41, 5.74) is 2.61. The number of halogens is 2. The lowest BCUT2D eigenvalue weighted by molar-refractivity contribution is 0.0951. The Morgan fingerprint density at radius 2 is 1.96 bits per heavy atom. The van der Waals surface area contributed by atoms with Crippen LogP contribution in [-0.4, -0.2) is 15.5 Å². The summed E-state index contributed by atoms with van der Waals surface area (Å²) in [5, 5.41) is 2.84. The van der Waals surface area contributed by atoms with Crippen molar-refractivity contribution in [3.63, 3.8) is 0 Å². The molecular weight excluding hydrogens is 353 g/mol. The number of thiophene rings is 1. The Morgan fingerprint density at radius 1 is 1.22 bits per heavy atom. The van der Waals surface area contributed by atoms with Gasteiger partial charge in [0.1, 0.15) is 4.34 Å². The van der Waals surface area contributed by atoms with Gasteiger partial charge >= 0.3 is 0 Å². The first-order valence-corrected chi connectivity index (χ1v) is 8.45. The summed E-state index contributed by atoms with van der Waals surface area (Å²) in [5.74, 6) is -0.222. The second-order valence-electron chi connectivity index (χ2n) is 4.97. The van der Waals surface area contributed by atoms with Gasteiger partial charge < -0.3 is 9.88 Å². The molecule has 0 aliphatic heterocycles. The molecule has 4 nitrogen and oxygen atoms in total. The van der Waals surface area contributed by atoms with Crippen LogP contribution in [0.5, 0.6) is 0 Å². The number of hydrogen-bond donors (Lipinski definition) is 1. The Morgan fingerprint density at radius 3 is 2.57 bits per heavy atom. The second-order valence-corrected chi connectivity index (χ2v) is 7.26. The molecule has 0 unspecified atom stereocenters. The maximum atomic E-state index is 12.1. The van der Waals surface area contributed by atoms with E-state index in [9.17, 15) is 4.79 Å². The zero-order valence-electron chi connectivity index (χ0n) is 12.0. The molecule has 7 heteroatoms. The van der Waals surface area contributed by atoms with Crippen molar-refractivity contribution in [2.24, 2.45) is 0 Å². The third-order valence-corrected chi connectivity index (χ3v) is 4.79. The fourth-order valence-electron chi connectivity index (χ4n) is 2.13. The maximum absolute atomic E-state index is 12.1. The number of rotatable bonds is 5. The second kappa shape index (κ2) is 7.17. The van der Waals surface area contributed by atoms with Crippen LogP contribution >= 0.6 is 34.5 Å². The fourth-order valence-corrected chi connectivity index (χ4v) is 3.58. The first-order valence-electron chi connectivity index (χ1n) is 6.88. The Bertz CT molecular complexity index is 797. The summed E-state index contributed by atoms with van der Waals surface area (Å²) < 4.78 is 2.91. The van der Waals surface area contributed by atoms with Gasteiger partial charge in [0.2, 0.25) is 0 Å². The molecule has 3 rings (SSSR count). The molecule has 0 spiro atoms. The molecule has 0 aliphatic rings. The molecule has 0 saturated carbocycles. The molecule has 0 bridgehead atoms. The highest BCUT2D eigenvalue weighted by atomic mass is 35.5. The van der Waals surface area contributed by atoms with Gasteiger partial charge in [-0.15, -0.1) is 11.3 Å². The number of carbonyl (C=O) groups excluding carboxylic acids is 1. The number of hydrogen-bond acceptors (Lipinski definition) is 3. The molecular formula is C16H13Cl2N3OS. The molecule has 0 fully saturated rings. The van der Waals surface area contributed by atoms with Crippen LogP contribution in [0.25, 0.3) is 0 Å². The Hall–Kier alpha value is -1.82. The van der Waals surface area contributed by atoms with Crippen molar-refractivity contribution in [2.75, 3.05) is 0 Å². The summed E-state index contributed by atoms with van der Waals surface area (Å²) in [6.07, 6.45) is 5.46. The maximum Gasteiger partial charge on any atom is 0.253 e. The van der Waals surface area contributed by atoms with Gasteiger partial charge in [-0.3, -0.25) is 4.79 Å². The van der Waals surface area contributed by atoms with Gasteiger partial charge in [0.15, 0.2) is 0 Å². The van der Waals surface area contributed by atoms with Crippen LogP contribution in [0.15, 0.2) is 49.1 Å². The van der Waals surface area contributed by atoms with E-state index in [1.807, 2.05) is 35.0 Å².